The standard InChI is InChI=1S/C23H28N2O2/c1-18(26)25-14-10-20-17-21(27)7-8-22(20)23(25)11-15-24(16-12-23)13-9-19-5-3-2-4-6-19/h2-8,17,27H,9-16H2,1H3. The van der Waals surface area contributed by atoms with E-state index in [1.54, 1.807) is 13.0 Å². The number of piperidine rings is 1. The number of likely N-dealkylation sites (tertiary alicyclic amines) is 1. The molecule has 4 nitrogen and oxygen atoms in total. The van der Waals surface area contributed by atoms with Crippen molar-refractivity contribution in [1.82, 2.24) is 9.80 Å². The maximum Gasteiger partial charge on any atom is 0.220 e. The average Bonchev–Trinajstić information content (AvgIpc) is 2.68. The summed E-state index contributed by atoms with van der Waals surface area (Å²) in [6.45, 7) is 5.49. The van der Waals surface area contributed by atoms with E-state index in [4.69, 9.17) is 0 Å². The molecule has 2 aliphatic rings. The minimum atomic E-state index is -0.212. The molecule has 1 spiro atoms. The number of nitrogens with zero attached hydrogens (tertiary/aromatic N) is 2. The van der Waals surface area contributed by atoms with Gasteiger partial charge in [0, 0.05) is 33.1 Å². The van der Waals surface area contributed by atoms with Crippen LogP contribution in [0.15, 0.2) is 48.5 Å². The van der Waals surface area contributed by atoms with Crippen LogP contribution in [0, 0.1) is 0 Å². The van der Waals surface area contributed by atoms with Crippen LogP contribution < -0.4 is 0 Å². The molecule has 2 aromatic rings. The highest BCUT2D eigenvalue weighted by Crippen LogP contribution is 2.44. The highest BCUT2D eigenvalue weighted by Gasteiger charge is 2.45. The van der Waals surface area contributed by atoms with Crippen molar-refractivity contribution in [2.75, 3.05) is 26.2 Å². The molecular weight excluding hydrogens is 336 g/mol. The highest BCUT2D eigenvalue weighted by molar-refractivity contribution is 5.75. The van der Waals surface area contributed by atoms with Crippen molar-refractivity contribution < 1.29 is 9.90 Å². The van der Waals surface area contributed by atoms with Crippen LogP contribution >= 0.6 is 0 Å². The number of carbonyl (C=O) groups is 1. The molecule has 1 amide bonds. The maximum atomic E-state index is 12.4. The summed E-state index contributed by atoms with van der Waals surface area (Å²) in [6, 6.07) is 16.3. The summed E-state index contributed by atoms with van der Waals surface area (Å²) >= 11 is 0. The smallest absolute Gasteiger partial charge is 0.220 e. The normalized spacial score (nSPS) is 19.1. The topological polar surface area (TPSA) is 43.8 Å². The molecular formula is C23H28N2O2. The summed E-state index contributed by atoms with van der Waals surface area (Å²) in [4.78, 5) is 17.0. The van der Waals surface area contributed by atoms with Crippen LogP contribution in [-0.2, 0) is 23.2 Å². The van der Waals surface area contributed by atoms with Gasteiger partial charge in [-0.05, 0) is 54.5 Å². The van der Waals surface area contributed by atoms with E-state index in [0.717, 1.165) is 51.9 Å². The van der Waals surface area contributed by atoms with Gasteiger partial charge in [0.05, 0.1) is 5.54 Å². The second kappa shape index (κ2) is 7.35. The summed E-state index contributed by atoms with van der Waals surface area (Å²) in [5.41, 5.74) is 3.60. The molecule has 1 saturated heterocycles. The van der Waals surface area contributed by atoms with Crippen LogP contribution in [-0.4, -0.2) is 47.0 Å². The molecule has 0 saturated carbocycles. The van der Waals surface area contributed by atoms with Crippen molar-refractivity contribution in [3.8, 4) is 5.75 Å². The Kier molecular flexibility index (Phi) is 4.92. The van der Waals surface area contributed by atoms with Crippen molar-refractivity contribution in [3.63, 3.8) is 0 Å². The van der Waals surface area contributed by atoms with Crippen molar-refractivity contribution >= 4 is 5.91 Å². The Morgan fingerprint density at radius 2 is 1.81 bits per heavy atom. The van der Waals surface area contributed by atoms with Gasteiger partial charge in [-0.3, -0.25) is 4.79 Å². The van der Waals surface area contributed by atoms with E-state index in [-0.39, 0.29) is 11.4 Å². The molecule has 27 heavy (non-hydrogen) atoms. The van der Waals surface area contributed by atoms with Crippen molar-refractivity contribution in [3.05, 3.63) is 65.2 Å². The van der Waals surface area contributed by atoms with Crippen LogP contribution in [0.25, 0.3) is 0 Å². The first-order valence-electron chi connectivity index (χ1n) is 9.95. The first kappa shape index (κ1) is 18.1. The van der Waals surface area contributed by atoms with E-state index in [2.05, 4.69) is 40.1 Å². The van der Waals surface area contributed by atoms with Crippen molar-refractivity contribution in [2.45, 2.75) is 38.1 Å². The van der Waals surface area contributed by atoms with E-state index in [9.17, 15) is 9.90 Å². The molecule has 2 heterocycles. The third kappa shape index (κ3) is 3.46. The van der Waals surface area contributed by atoms with Crippen LogP contribution in [0.3, 0.4) is 0 Å². The molecule has 0 bridgehead atoms. The minimum Gasteiger partial charge on any atom is -0.508 e. The van der Waals surface area contributed by atoms with Crippen molar-refractivity contribution in [2.24, 2.45) is 0 Å². The quantitative estimate of drug-likeness (QED) is 0.909. The SMILES string of the molecule is CC(=O)N1CCc2cc(O)ccc2C12CCN(CCc1ccccc1)CC2. The van der Waals surface area contributed by atoms with Gasteiger partial charge in [0.15, 0.2) is 0 Å². The largest absolute Gasteiger partial charge is 0.508 e. The first-order chi connectivity index (χ1) is 13.1. The molecule has 4 rings (SSSR count). The Balaban J connectivity index is 1.51. The minimum absolute atomic E-state index is 0.159. The number of amides is 1. The summed E-state index contributed by atoms with van der Waals surface area (Å²) in [6.07, 6.45) is 3.80. The highest BCUT2D eigenvalue weighted by atomic mass is 16.3. The van der Waals surface area contributed by atoms with E-state index in [0.29, 0.717) is 5.75 Å². The zero-order chi connectivity index (χ0) is 18.9. The molecule has 2 aliphatic heterocycles. The second-order valence-corrected chi connectivity index (χ2v) is 7.87. The van der Waals surface area contributed by atoms with E-state index >= 15 is 0 Å². The fraction of sp³-hybridized carbons (Fsp3) is 0.435. The fourth-order valence-electron chi connectivity index (χ4n) is 4.91. The molecule has 0 aromatic heterocycles. The Bertz CT molecular complexity index is 810. The predicted molar refractivity (Wildman–Crippen MR) is 107 cm³/mol. The van der Waals surface area contributed by atoms with Crippen LogP contribution in [0.5, 0.6) is 5.75 Å². The molecule has 142 valence electrons. The molecule has 1 N–H and O–H groups in total. The third-order valence-electron chi connectivity index (χ3n) is 6.33. The lowest BCUT2D eigenvalue weighted by molar-refractivity contribution is -0.139. The number of hydrogen-bond donors (Lipinski definition) is 1. The monoisotopic (exact) mass is 364 g/mol. The number of phenols is 1. The number of aromatic hydroxyl groups is 1. The van der Waals surface area contributed by atoms with Gasteiger partial charge in [0.2, 0.25) is 5.91 Å². The van der Waals surface area contributed by atoms with Gasteiger partial charge in [0.1, 0.15) is 5.75 Å². The van der Waals surface area contributed by atoms with E-state index in [1.165, 1.54) is 16.7 Å². The molecule has 0 radical (unpaired) electrons. The molecule has 2 aromatic carbocycles. The molecule has 0 aliphatic carbocycles. The van der Waals surface area contributed by atoms with E-state index < -0.39 is 0 Å². The Morgan fingerprint density at radius 3 is 2.52 bits per heavy atom. The van der Waals surface area contributed by atoms with Gasteiger partial charge in [-0.1, -0.05) is 36.4 Å². The zero-order valence-electron chi connectivity index (χ0n) is 16.0. The van der Waals surface area contributed by atoms with Gasteiger partial charge in [-0.15, -0.1) is 0 Å². The molecule has 1 fully saturated rings. The van der Waals surface area contributed by atoms with Gasteiger partial charge in [-0.2, -0.15) is 0 Å². The number of rotatable bonds is 3. The van der Waals surface area contributed by atoms with Crippen LogP contribution in [0.4, 0.5) is 0 Å². The summed E-state index contributed by atoms with van der Waals surface area (Å²) in [5, 5.41) is 9.88. The lowest BCUT2D eigenvalue weighted by Crippen LogP contribution is -2.57. The average molecular weight is 364 g/mol. The molecule has 4 heteroatoms. The number of fused-ring (bicyclic) bond motifs is 2. The Labute approximate surface area is 161 Å². The molecule has 0 atom stereocenters. The van der Waals surface area contributed by atoms with Gasteiger partial charge in [0.25, 0.3) is 0 Å². The number of carbonyl (C=O) groups excluding carboxylic acids is 1. The number of benzene rings is 2. The fourth-order valence-corrected chi connectivity index (χ4v) is 4.91. The zero-order valence-corrected chi connectivity index (χ0v) is 16.0. The lowest BCUT2D eigenvalue weighted by atomic mass is 9.74. The van der Waals surface area contributed by atoms with Crippen LogP contribution in [0.2, 0.25) is 0 Å². The molecule has 0 unspecified atom stereocenters. The number of hydrogen-bond acceptors (Lipinski definition) is 3. The third-order valence-corrected chi connectivity index (χ3v) is 6.33. The predicted octanol–water partition coefficient (Wildman–Crippen LogP) is 3.33. The Morgan fingerprint density at radius 1 is 1.07 bits per heavy atom. The number of phenolic OH excluding ortho intramolecular Hbond substituents is 1. The second-order valence-electron chi connectivity index (χ2n) is 7.87. The van der Waals surface area contributed by atoms with Crippen molar-refractivity contribution in [1.29, 1.82) is 0 Å². The first-order valence-corrected chi connectivity index (χ1v) is 9.95. The van der Waals surface area contributed by atoms with Crippen LogP contribution in [0.1, 0.15) is 36.5 Å². The maximum absolute atomic E-state index is 12.4. The van der Waals surface area contributed by atoms with Gasteiger partial charge in [-0.25, -0.2) is 0 Å². The summed E-state index contributed by atoms with van der Waals surface area (Å²) in [7, 11) is 0. The summed E-state index contributed by atoms with van der Waals surface area (Å²) < 4.78 is 0. The van der Waals surface area contributed by atoms with Gasteiger partial charge < -0.3 is 14.9 Å². The van der Waals surface area contributed by atoms with Gasteiger partial charge >= 0.3 is 0 Å². The lowest BCUT2D eigenvalue weighted by Gasteiger charge is -2.52. The summed E-state index contributed by atoms with van der Waals surface area (Å²) in [5.74, 6) is 0.479. The Hall–Kier alpha value is -2.33. The van der Waals surface area contributed by atoms with E-state index in [1.807, 2.05) is 12.1 Å².